The Labute approximate surface area is 208 Å². The summed E-state index contributed by atoms with van der Waals surface area (Å²) in [6.45, 7) is 4.75. The summed E-state index contributed by atoms with van der Waals surface area (Å²) in [5, 5.41) is 0.792. The molecule has 2 aromatic heterocycles. The Balaban J connectivity index is 1.18. The lowest BCUT2D eigenvalue weighted by Gasteiger charge is -2.31. The van der Waals surface area contributed by atoms with Gasteiger partial charge in [-0.2, -0.15) is 0 Å². The molecule has 1 saturated heterocycles. The van der Waals surface area contributed by atoms with Gasteiger partial charge >= 0.3 is 0 Å². The molecule has 11 heteroatoms. The molecule has 1 saturated carbocycles. The number of nitrogens with two attached hydrogens (primary N) is 1. The van der Waals surface area contributed by atoms with E-state index in [2.05, 4.69) is 36.7 Å². The third kappa shape index (κ3) is 3.30. The van der Waals surface area contributed by atoms with Crippen LogP contribution in [0.5, 0.6) is 0 Å². The molecule has 186 valence electrons. The van der Waals surface area contributed by atoms with E-state index < -0.39 is 15.8 Å². The molecule has 10 nitrogen and oxygen atoms in total. The van der Waals surface area contributed by atoms with Crippen molar-refractivity contribution in [3.05, 3.63) is 47.8 Å². The number of sulfonamides is 1. The predicted octanol–water partition coefficient (Wildman–Crippen LogP) is 2.71. The summed E-state index contributed by atoms with van der Waals surface area (Å²) in [4.78, 5) is 15.7. The highest BCUT2D eigenvalue weighted by atomic mass is 32.2. The molecule has 0 spiro atoms. The zero-order valence-corrected chi connectivity index (χ0v) is 20.7. The fourth-order valence-corrected chi connectivity index (χ4v) is 6.97. The standard InChI is InChI=1S/C25H26N6O4S/c1-25(2)34-20-15(10-18(21(20)35-25)31-8-7-16-22(26)27-12-28-24(16)31)6-4-13-3-5-14-11-19-23(29-17(14)9-13)30-36(19,32)33/h3-6,9,11-12,15,18,20-21H,7-8,10H2,1-2H3,(H,29,30)(H2,26,27,28)/b6-4+/t15-,18+,20+,21-/m0/s1. The van der Waals surface area contributed by atoms with Crippen LogP contribution in [-0.4, -0.2) is 54.0 Å². The summed E-state index contributed by atoms with van der Waals surface area (Å²) in [7, 11) is -3.39. The summed E-state index contributed by atoms with van der Waals surface area (Å²) in [6, 6.07) is 7.63. The molecular formula is C25H26N6O4S. The number of hydrogen-bond donors (Lipinski definition) is 2. The lowest BCUT2D eigenvalue weighted by molar-refractivity contribution is -0.155. The molecule has 0 radical (unpaired) electrons. The number of rotatable bonds is 3. The Morgan fingerprint density at radius 1 is 1.19 bits per heavy atom. The minimum absolute atomic E-state index is 0.0720. The smallest absolute Gasteiger partial charge is 0.266 e. The number of nitrogen functional groups attached to an aromatic ring is 1. The molecule has 1 aliphatic carbocycles. The molecule has 5 heterocycles. The van der Waals surface area contributed by atoms with Gasteiger partial charge in [0.25, 0.3) is 10.0 Å². The third-order valence-corrected chi connectivity index (χ3v) is 8.92. The number of anilines is 3. The molecule has 1 aromatic carbocycles. The van der Waals surface area contributed by atoms with E-state index in [1.807, 2.05) is 32.0 Å². The molecule has 4 atom stereocenters. The van der Waals surface area contributed by atoms with Gasteiger partial charge in [0.05, 0.1) is 17.7 Å². The van der Waals surface area contributed by atoms with Crippen LogP contribution in [-0.2, 0) is 25.9 Å². The first-order chi connectivity index (χ1) is 17.2. The van der Waals surface area contributed by atoms with Gasteiger partial charge in [-0.1, -0.05) is 24.3 Å². The van der Waals surface area contributed by atoms with Crippen molar-refractivity contribution in [3.63, 3.8) is 0 Å². The Hall–Kier alpha value is -3.28. The summed E-state index contributed by atoms with van der Waals surface area (Å²) in [5.74, 6) is 1.34. The van der Waals surface area contributed by atoms with E-state index in [1.54, 1.807) is 6.07 Å². The van der Waals surface area contributed by atoms with Gasteiger partial charge in [0, 0.05) is 23.4 Å². The number of nitrogens with zero attached hydrogens (tertiary/aromatic N) is 4. The van der Waals surface area contributed by atoms with Crippen LogP contribution in [0.1, 0.15) is 31.4 Å². The van der Waals surface area contributed by atoms with Gasteiger partial charge in [-0.25, -0.2) is 23.4 Å². The first-order valence-corrected chi connectivity index (χ1v) is 13.5. The maximum Gasteiger partial charge on any atom is 0.266 e. The van der Waals surface area contributed by atoms with E-state index in [0.717, 1.165) is 47.2 Å². The van der Waals surface area contributed by atoms with Crippen molar-refractivity contribution in [1.82, 2.24) is 15.0 Å². The molecule has 7 rings (SSSR count). The Morgan fingerprint density at radius 2 is 2.03 bits per heavy atom. The van der Waals surface area contributed by atoms with Gasteiger partial charge in [0.2, 0.25) is 0 Å². The Kier molecular flexibility index (Phi) is 4.50. The minimum Gasteiger partial charge on any atom is -0.383 e. The summed E-state index contributed by atoms with van der Waals surface area (Å²) in [5.41, 5.74) is 8.85. The van der Waals surface area contributed by atoms with Crippen LogP contribution in [0.15, 0.2) is 41.6 Å². The summed E-state index contributed by atoms with van der Waals surface area (Å²) in [6.07, 6.45) is 7.34. The highest BCUT2D eigenvalue weighted by molar-refractivity contribution is 7.94. The summed E-state index contributed by atoms with van der Waals surface area (Å²) >= 11 is 0. The zero-order valence-electron chi connectivity index (χ0n) is 19.9. The highest BCUT2D eigenvalue weighted by Crippen LogP contribution is 2.46. The van der Waals surface area contributed by atoms with Gasteiger partial charge in [0.15, 0.2) is 11.6 Å². The molecule has 3 N–H and O–H groups in total. The number of nitrogens with one attached hydrogen (secondary N) is 1. The number of benzene rings is 1. The van der Waals surface area contributed by atoms with E-state index in [1.165, 1.54) is 6.33 Å². The number of hydrogen-bond acceptors (Lipinski definition) is 9. The molecule has 3 aromatic rings. The monoisotopic (exact) mass is 506 g/mol. The summed E-state index contributed by atoms with van der Waals surface area (Å²) < 4.78 is 38.8. The molecule has 0 unspecified atom stereocenters. The third-order valence-electron chi connectivity index (χ3n) is 7.57. The van der Waals surface area contributed by atoms with Crippen LogP contribution in [0.4, 0.5) is 17.5 Å². The second-order valence-electron chi connectivity index (χ2n) is 10.3. The quantitative estimate of drug-likeness (QED) is 0.550. The highest BCUT2D eigenvalue weighted by Gasteiger charge is 2.55. The van der Waals surface area contributed by atoms with E-state index in [0.29, 0.717) is 11.6 Å². The second kappa shape index (κ2) is 7.37. The fourth-order valence-electron chi connectivity index (χ4n) is 5.97. The van der Waals surface area contributed by atoms with Crippen LogP contribution in [0.2, 0.25) is 0 Å². The van der Waals surface area contributed by atoms with Crippen molar-refractivity contribution >= 4 is 44.5 Å². The first-order valence-electron chi connectivity index (χ1n) is 12.1. The first kappa shape index (κ1) is 22.0. The Bertz CT molecular complexity index is 1560. The van der Waals surface area contributed by atoms with Gasteiger partial charge in [-0.3, -0.25) is 4.72 Å². The normalized spacial score (nSPS) is 29.1. The maximum atomic E-state index is 11.8. The molecule has 36 heavy (non-hydrogen) atoms. The lowest BCUT2D eigenvalue weighted by atomic mass is 10.0. The molecule has 4 aliphatic rings. The lowest BCUT2D eigenvalue weighted by Crippen LogP contribution is -2.43. The predicted molar refractivity (Wildman–Crippen MR) is 135 cm³/mol. The van der Waals surface area contributed by atoms with E-state index in [4.69, 9.17) is 15.2 Å². The molecule has 0 amide bonds. The van der Waals surface area contributed by atoms with Crippen LogP contribution >= 0.6 is 0 Å². The average molecular weight is 507 g/mol. The van der Waals surface area contributed by atoms with Gasteiger partial charge in [-0.15, -0.1) is 0 Å². The number of aromatic nitrogens is 3. The fraction of sp³-hybridized carbons (Fsp3) is 0.400. The van der Waals surface area contributed by atoms with Crippen LogP contribution < -0.4 is 15.4 Å². The van der Waals surface area contributed by atoms with Crippen molar-refractivity contribution < 1.29 is 17.9 Å². The SMILES string of the molecule is CC1(C)O[C@@H]2[C@H](O1)[C@@H](/C=C/c1ccc3cc4c(nc3c1)NS4(=O)=O)C[C@H]2N1CCc2c(N)ncnc21. The molecule has 3 aliphatic heterocycles. The number of ether oxygens (including phenoxy) is 2. The van der Waals surface area contributed by atoms with Crippen molar-refractivity contribution in [1.29, 1.82) is 0 Å². The van der Waals surface area contributed by atoms with E-state index in [-0.39, 0.29) is 29.1 Å². The molecule has 0 bridgehead atoms. The van der Waals surface area contributed by atoms with Crippen molar-refractivity contribution in [2.45, 2.75) is 55.6 Å². The van der Waals surface area contributed by atoms with Crippen LogP contribution in [0.3, 0.4) is 0 Å². The average Bonchev–Trinajstić information content (AvgIpc) is 3.48. The minimum atomic E-state index is -3.39. The van der Waals surface area contributed by atoms with Gasteiger partial charge in [-0.05, 0) is 44.4 Å². The van der Waals surface area contributed by atoms with Crippen LogP contribution in [0.25, 0.3) is 17.0 Å². The largest absolute Gasteiger partial charge is 0.383 e. The van der Waals surface area contributed by atoms with Crippen molar-refractivity contribution in [2.24, 2.45) is 5.92 Å². The van der Waals surface area contributed by atoms with E-state index >= 15 is 0 Å². The van der Waals surface area contributed by atoms with Gasteiger partial charge in [0.1, 0.15) is 29.0 Å². The van der Waals surface area contributed by atoms with Crippen LogP contribution in [0, 0.1) is 5.92 Å². The van der Waals surface area contributed by atoms with Crippen molar-refractivity contribution in [3.8, 4) is 0 Å². The maximum absolute atomic E-state index is 11.8. The zero-order chi connectivity index (χ0) is 24.8. The van der Waals surface area contributed by atoms with E-state index in [9.17, 15) is 8.42 Å². The number of fused-ring (bicyclic) bond motifs is 4. The molecular weight excluding hydrogens is 480 g/mol. The molecule has 2 fully saturated rings. The Morgan fingerprint density at radius 3 is 2.86 bits per heavy atom. The van der Waals surface area contributed by atoms with Gasteiger partial charge < -0.3 is 20.1 Å². The van der Waals surface area contributed by atoms with Crippen molar-refractivity contribution in [2.75, 3.05) is 21.9 Å². The number of pyridine rings is 1. The topological polar surface area (TPSA) is 133 Å². The second-order valence-corrected chi connectivity index (χ2v) is 11.9.